The second-order valence-electron chi connectivity index (χ2n) is 6.27. The van der Waals surface area contributed by atoms with E-state index in [-0.39, 0.29) is 11.6 Å². The molecule has 2 atom stereocenters. The summed E-state index contributed by atoms with van der Waals surface area (Å²) in [6.07, 6.45) is 4.59. The molecule has 0 saturated carbocycles. The fourth-order valence-corrected chi connectivity index (χ4v) is 2.11. The Bertz CT molecular complexity index is 443. The Morgan fingerprint density at radius 3 is 2.56 bits per heavy atom. The van der Waals surface area contributed by atoms with Gasteiger partial charge in [-0.2, -0.15) is 0 Å². The van der Waals surface area contributed by atoms with E-state index >= 15 is 0 Å². The molecular formula is C16H24N2. The van der Waals surface area contributed by atoms with E-state index in [0.29, 0.717) is 6.04 Å². The molecule has 1 aromatic carbocycles. The molecule has 98 valence electrons. The van der Waals surface area contributed by atoms with Gasteiger partial charge in [0.25, 0.3) is 0 Å². The zero-order chi connectivity index (χ0) is 13.3. The predicted octanol–water partition coefficient (Wildman–Crippen LogP) is 3.63. The lowest BCUT2D eigenvalue weighted by Gasteiger charge is -2.38. The minimum Gasteiger partial charge on any atom is -0.361 e. The zero-order valence-corrected chi connectivity index (χ0v) is 12.1. The van der Waals surface area contributed by atoms with Crippen molar-refractivity contribution in [3.63, 3.8) is 0 Å². The Kier molecular flexibility index (Phi) is 3.49. The van der Waals surface area contributed by atoms with Crippen molar-refractivity contribution in [1.82, 2.24) is 10.2 Å². The fraction of sp³-hybridized carbons (Fsp3) is 0.500. The number of fused-ring (bicyclic) bond motifs is 1. The highest BCUT2D eigenvalue weighted by Gasteiger charge is 2.27. The van der Waals surface area contributed by atoms with Gasteiger partial charge in [0.15, 0.2) is 0 Å². The van der Waals surface area contributed by atoms with Gasteiger partial charge in [0.2, 0.25) is 0 Å². The van der Waals surface area contributed by atoms with Gasteiger partial charge < -0.3 is 4.90 Å². The maximum absolute atomic E-state index is 3.74. The third-order valence-electron chi connectivity index (χ3n) is 3.89. The molecule has 0 radical (unpaired) electrons. The van der Waals surface area contributed by atoms with Crippen LogP contribution in [0.2, 0.25) is 0 Å². The lowest BCUT2D eigenvalue weighted by atomic mass is 9.87. The first-order valence-electron chi connectivity index (χ1n) is 6.65. The maximum atomic E-state index is 3.74. The van der Waals surface area contributed by atoms with Crippen molar-refractivity contribution >= 4 is 6.08 Å². The van der Waals surface area contributed by atoms with Crippen molar-refractivity contribution in [1.29, 1.82) is 0 Å². The van der Waals surface area contributed by atoms with Crippen molar-refractivity contribution < 1.29 is 0 Å². The van der Waals surface area contributed by atoms with Crippen molar-refractivity contribution in [3.8, 4) is 0 Å². The molecule has 0 bridgehead atoms. The minimum atomic E-state index is 0.261. The third-order valence-corrected chi connectivity index (χ3v) is 3.89. The van der Waals surface area contributed by atoms with E-state index in [0.717, 1.165) is 0 Å². The largest absolute Gasteiger partial charge is 0.361 e. The van der Waals surface area contributed by atoms with Crippen LogP contribution in [0.1, 0.15) is 45.0 Å². The molecular weight excluding hydrogens is 220 g/mol. The predicted molar refractivity (Wildman–Crippen MR) is 78.0 cm³/mol. The second kappa shape index (κ2) is 4.77. The standard InChI is InChI=1S/C16H24N2/c1-12(16(2,3)4)17-15-14-9-7-6-8-13(14)10-11-18(15)5/h6-12,15,17H,1-5H3/t12-,15?/m1/s1. The Balaban J connectivity index is 2.25. The van der Waals surface area contributed by atoms with Gasteiger partial charge in [0, 0.05) is 19.3 Å². The lowest BCUT2D eigenvalue weighted by molar-refractivity contribution is 0.192. The summed E-state index contributed by atoms with van der Waals surface area (Å²) in [7, 11) is 2.12. The van der Waals surface area contributed by atoms with Crippen LogP contribution in [0.15, 0.2) is 30.5 Å². The van der Waals surface area contributed by atoms with E-state index in [9.17, 15) is 0 Å². The molecule has 1 aromatic rings. The normalized spacial score (nSPS) is 20.7. The summed E-state index contributed by atoms with van der Waals surface area (Å²) in [5.41, 5.74) is 2.93. The second-order valence-corrected chi connectivity index (χ2v) is 6.27. The first-order chi connectivity index (χ1) is 8.39. The molecule has 18 heavy (non-hydrogen) atoms. The van der Waals surface area contributed by atoms with Crippen LogP contribution in [-0.2, 0) is 0 Å². The summed E-state index contributed by atoms with van der Waals surface area (Å²) in [5.74, 6) is 0. The molecule has 1 N–H and O–H groups in total. The molecule has 2 heteroatoms. The van der Waals surface area contributed by atoms with Gasteiger partial charge in [-0.15, -0.1) is 0 Å². The van der Waals surface area contributed by atoms with E-state index in [1.165, 1.54) is 11.1 Å². The van der Waals surface area contributed by atoms with Gasteiger partial charge in [-0.25, -0.2) is 0 Å². The molecule has 0 aromatic heterocycles. The van der Waals surface area contributed by atoms with E-state index in [1.54, 1.807) is 0 Å². The van der Waals surface area contributed by atoms with Crippen molar-refractivity contribution in [2.45, 2.75) is 39.9 Å². The SMILES string of the molecule is C[C@@H](NC1c2ccccc2C=CN1C)C(C)(C)C. The monoisotopic (exact) mass is 244 g/mol. The summed E-state index contributed by atoms with van der Waals surface area (Å²) < 4.78 is 0. The fourth-order valence-electron chi connectivity index (χ4n) is 2.11. The minimum absolute atomic E-state index is 0.261. The molecule has 1 aliphatic rings. The molecule has 2 rings (SSSR count). The summed E-state index contributed by atoms with van der Waals surface area (Å²) >= 11 is 0. The highest BCUT2D eigenvalue weighted by atomic mass is 15.3. The molecule has 0 spiro atoms. The molecule has 1 heterocycles. The Labute approximate surface area is 111 Å². The number of hydrogen-bond donors (Lipinski definition) is 1. The number of nitrogens with one attached hydrogen (secondary N) is 1. The van der Waals surface area contributed by atoms with Crippen LogP contribution in [0.5, 0.6) is 0 Å². The van der Waals surface area contributed by atoms with Gasteiger partial charge in [-0.1, -0.05) is 45.0 Å². The van der Waals surface area contributed by atoms with Gasteiger partial charge in [0.1, 0.15) is 6.17 Å². The average Bonchev–Trinajstić information content (AvgIpc) is 2.31. The average molecular weight is 244 g/mol. The van der Waals surface area contributed by atoms with Gasteiger partial charge in [-0.05, 0) is 29.5 Å². The number of rotatable bonds is 2. The molecule has 0 aliphatic carbocycles. The number of hydrogen-bond acceptors (Lipinski definition) is 2. The van der Waals surface area contributed by atoms with Crippen LogP contribution in [0, 0.1) is 5.41 Å². The summed E-state index contributed by atoms with van der Waals surface area (Å²) in [6.45, 7) is 9.08. The maximum Gasteiger partial charge on any atom is 0.106 e. The smallest absolute Gasteiger partial charge is 0.106 e. The summed E-state index contributed by atoms with van der Waals surface area (Å²) in [6, 6.07) is 9.04. The number of nitrogens with zero attached hydrogens (tertiary/aromatic N) is 1. The van der Waals surface area contributed by atoms with Crippen LogP contribution in [0.4, 0.5) is 0 Å². The summed E-state index contributed by atoms with van der Waals surface area (Å²) in [4.78, 5) is 2.24. The van der Waals surface area contributed by atoms with E-state index in [2.05, 4.69) is 81.5 Å². The Morgan fingerprint density at radius 1 is 1.22 bits per heavy atom. The van der Waals surface area contributed by atoms with E-state index in [4.69, 9.17) is 0 Å². The van der Waals surface area contributed by atoms with Gasteiger partial charge in [-0.3, -0.25) is 5.32 Å². The highest BCUT2D eigenvalue weighted by molar-refractivity contribution is 5.56. The van der Waals surface area contributed by atoms with Crippen molar-refractivity contribution in [2.75, 3.05) is 7.05 Å². The zero-order valence-electron chi connectivity index (χ0n) is 12.1. The van der Waals surface area contributed by atoms with Crippen molar-refractivity contribution in [2.24, 2.45) is 5.41 Å². The van der Waals surface area contributed by atoms with E-state index in [1.807, 2.05) is 0 Å². The Hall–Kier alpha value is -1.28. The lowest BCUT2D eigenvalue weighted by Crippen LogP contribution is -2.45. The van der Waals surface area contributed by atoms with Gasteiger partial charge >= 0.3 is 0 Å². The van der Waals surface area contributed by atoms with Gasteiger partial charge in [0.05, 0.1) is 0 Å². The Morgan fingerprint density at radius 2 is 1.89 bits per heavy atom. The molecule has 0 saturated heterocycles. The first-order valence-corrected chi connectivity index (χ1v) is 6.65. The molecule has 1 unspecified atom stereocenters. The van der Waals surface area contributed by atoms with E-state index < -0.39 is 0 Å². The van der Waals surface area contributed by atoms with Crippen LogP contribution in [-0.4, -0.2) is 18.0 Å². The van der Waals surface area contributed by atoms with Crippen LogP contribution >= 0.6 is 0 Å². The van der Waals surface area contributed by atoms with Crippen LogP contribution < -0.4 is 5.32 Å². The molecule has 0 fully saturated rings. The summed E-state index contributed by atoms with van der Waals surface area (Å²) in [5, 5.41) is 3.74. The topological polar surface area (TPSA) is 15.3 Å². The molecule has 0 amide bonds. The number of benzene rings is 1. The van der Waals surface area contributed by atoms with Crippen LogP contribution in [0.3, 0.4) is 0 Å². The van der Waals surface area contributed by atoms with Crippen LogP contribution in [0.25, 0.3) is 6.08 Å². The van der Waals surface area contributed by atoms with Crippen molar-refractivity contribution in [3.05, 3.63) is 41.6 Å². The molecule has 2 nitrogen and oxygen atoms in total. The third kappa shape index (κ3) is 2.59. The quantitative estimate of drug-likeness (QED) is 0.854. The molecule has 1 aliphatic heterocycles. The first kappa shape index (κ1) is 13.2. The highest BCUT2D eigenvalue weighted by Crippen LogP contribution is 2.29.